The van der Waals surface area contributed by atoms with Crippen LogP contribution < -0.4 is 10.6 Å². The van der Waals surface area contributed by atoms with Gasteiger partial charge >= 0.3 is 0 Å². The van der Waals surface area contributed by atoms with Crippen molar-refractivity contribution in [1.29, 1.82) is 0 Å². The average Bonchev–Trinajstić information content (AvgIpc) is 2.37. The molecular weight excluding hydrogens is 258 g/mol. The number of fused-ring (bicyclic) bond motifs is 1. The van der Waals surface area contributed by atoms with Crippen molar-refractivity contribution in [3.63, 3.8) is 0 Å². The molecule has 0 bridgehead atoms. The summed E-state index contributed by atoms with van der Waals surface area (Å²) in [5.41, 5.74) is 0. The van der Waals surface area contributed by atoms with Crippen molar-refractivity contribution in [3.05, 3.63) is 0 Å². The van der Waals surface area contributed by atoms with Crippen molar-refractivity contribution in [2.75, 3.05) is 12.3 Å². The Balaban J connectivity index is 1.73. The van der Waals surface area contributed by atoms with E-state index in [1.165, 1.54) is 31.4 Å². The second kappa shape index (κ2) is 7.17. The molecule has 19 heavy (non-hydrogen) atoms. The first-order valence-corrected chi connectivity index (χ1v) is 8.37. The number of thioether (sulfide) groups is 1. The summed E-state index contributed by atoms with van der Waals surface area (Å²) in [7, 11) is 0. The van der Waals surface area contributed by atoms with Crippen LogP contribution >= 0.6 is 11.8 Å². The zero-order valence-corrected chi connectivity index (χ0v) is 12.8. The van der Waals surface area contributed by atoms with Gasteiger partial charge in [0.05, 0.1) is 6.54 Å². The third kappa shape index (κ3) is 4.71. The first-order valence-electron chi connectivity index (χ1n) is 7.38. The van der Waals surface area contributed by atoms with Gasteiger partial charge in [-0.05, 0) is 32.6 Å². The Labute approximate surface area is 120 Å². The van der Waals surface area contributed by atoms with E-state index in [0.717, 1.165) is 11.1 Å². The number of hydrogen-bond acceptors (Lipinski definition) is 3. The first-order chi connectivity index (χ1) is 9.15. The Morgan fingerprint density at radius 1 is 1.47 bits per heavy atom. The molecule has 0 aromatic rings. The van der Waals surface area contributed by atoms with Gasteiger partial charge in [-0.25, -0.2) is 0 Å². The van der Waals surface area contributed by atoms with E-state index in [-0.39, 0.29) is 11.9 Å². The molecule has 2 fully saturated rings. The summed E-state index contributed by atoms with van der Waals surface area (Å²) in [5.74, 6) is 2.10. The lowest BCUT2D eigenvalue weighted by atomic mass is 9.86. The van der Waals surface area contributed by atoms with Crippen molar-refractivity contribution in [2.45, 2.75) is 58.0 Å². The summed E-state index contributed by atoms with van der Waals surface area (Å²) in [4.78, 5) is 16.0. The fourth-order valence-electron chi connectivity index (χ4n) is 2.73. The summed E-state index contributed by atoms with van der Waals surface area (Å²) in [6, 6.07) is 0.837. The SMILES string of the molecule is CC(C)NC(=O)CCN=C1NC2CCCCC2CS1. The van der Waals surface area contributed by atoms with Crippen LogP contribution in [0.4, 0.5) is 0 Å². The Kier molecular flexibility index (Phi) is 5.55. The highest BCUT2D eigenvalue weighted by atomic mass is 32.2. The summed E-state index contributed by atoms with van der Waals surface area (Å²) in [5, 5.41) is 7.48. The van der Waals surface area contributed by atoms with E-state index >= 15 is 0 Å². The van der Waals surface area contributed by atoms with Crippen molar-refractivity contribution in [2.24, 2.45) is 10.9 Å². The standard InChI is InChI=1S/C14H25N3OS/c1-10(2)16-13(18)7-8-15-14-17-12-6-4-3-5-11(12)9-19-14/h10-12H,3-9H2,1-2H3,(H,15,17)(H,16,18). The normalized spacial score (nSPS) is 28.9. The van der Waals surface area contributed by atoms with Crippen LogP contribution in [0, 0.1) is 5.92 Å². The number of hydrogen-bond donors (Lipinski definition) is 2. The molecule has 1 aliphatic carbocycles. The van der Waals surface area contributed by atoms with Gasteiger partial charge in [-0.15, -0.1) is 0 Å². The molecule has 1 saturated carbocycles. The monoisotopic (exact) mass is 283 g/mol. The van der Waals surface area contributed by atoms with E-state index < -0.39 is 0 Å². The van der Waals surface area contributed by atoms with E-state index in [1.54, 1.807) is 0 Å². The van der Waals surface area contributed by atoms with E-state index in [4.69, 9.17) is 0 Å². The van der Waals surface area contributed by atoms with Crippen LogP contribution in [-0.2, 0) is 4.79 Å². The maximum atomic E-state index is 11.5. The fourth-order valence-corrected chi connectivity index (χ4v) is 3.92. The lowest BCUT2D eigenvalue weighted by Crippen LogP contribution is -2.46. The lowest BCUT2D eigenvalue weighted by Gasteiger charge is -2.36. The maximum absolute atomic E-state index is 11.5. The molecule has 1 saturated heterocycles. The van der Waals surface area contributed by atoms with E-state index in [0.29, 0.717) is 19.0 Å². The summed E-state index contributed by atoms with van der Waals surface area (Å²) < 4.78 is 0. The largest absolute Gasteiger partial charge is 0.362 e. The number of rotatable bonds is 4. The van der Waals surface area contributed by atoms with Crippen LogP contribution in [-0.4, -0.2) is 35.5 Å². The second-order valence-electron chi connectivity index (χ2n) is 5.77. The number of amidine groups is 1. The molecule has 1 aliphatic heterocycles. The number of nitrogens with one attached hydrogen (secondary N) is 2. The van der Waals surface area contributed by atoms with Gasteiger partial charge in [0.1, 0.15) is 0 Å². The first kappa shape index (κ1) is 14.7. The number of carbonyl (C=O) groups is 1. The molecule has 1 amide bonds. The van der Waals surface area contributed by atoms with Gasteiger partial charge in [-0.3, -0.25) is 9.79 Å². The number of aliphatic imine (C=N–C) groups is 1. The van der Waals surface area contributed by atoms with Crippen molar-refractivity contribution >= 4 is 22.8 Å². The third-order valence-corrected chi connectivity index (χ3v) is 4.81. The van der Waals surface area contributed by atoms with Gasteiger partial charge in [0.2, 0.25) is 5.91 Å². The molecule has 1 heterocycles. The van der Waals surface area contributed by atoms with Gasteiger partial charge in [0.25, 0.3) is 0 Å². The number of nitrogens with zero attached hydrogens (tertiary/aromatic N) is 1. The second-order valence-corrected chi connectivity index (χ2v) is 6.77. The summed E-state index contributed by atoms with van der Waals surface area (Å²) in [6.45, 7) is 4.54. The molecule has 108 valence electrons. The van der Waals surface area contributed by atoms with Gasteiger partial charge in [0, 0.05) is 24.3 Å². The highest BCUT2D eigenvalue weighted by Crippen LogP contribution is 2.31. The van der Waals surface area contributed by atoms with Crippen LogP contribution in [0.2, 0.25) is 0 Å². The molecule has 0 aromatic carbocycles. The van der Waals surface area contributed by atoms with Crippen LogP contribution in [0.3, 0.4) is 0 Å². The Bertz CT molecular complexity index is 344. The molecule has 0 radical (unpaired) electrons. The predicted octanol–water partition coefficient (Wildman–Crippen LogP) is 2.15. The minimum atomic E-state index is 0.0932. The maximum Gasteiger partial charge on any atom is 0.222 e. The topological polar surface area (TPSA) is 53.5 Å². The van der Waals surface area contributed by atoms with Crippen LogP contribution in [0.5, 0.6) is 0 Å². The summed E-state index contributed by atoms with van der Waals surface area (Å²) >= 11 is 1.82. The van der Waals surface area contributed by atoms with Gasteiger partial charge in [-0.1, -0.05) is 24.6 Å². The van der Waals surface area contributed by atoms with E-state index in [2.05, 4.69) is 15.6 Å². The minimum absolute atomic E-state index is 0.0932. The molecule has 5 heteroatoms. The quantitative estimate of drug-likeness (QED) is 0.831. The molecule has 2 unspecified atom stereocenters. The predicted molar refractivity (Wildman–Crippen MR) is 81.5 cm³/mol. The molecule has 0 spiro atoms. The molecule has 2 atom stereocenters. The third-order valence-electron chi connectivity index (χ3n) is 3.70. The smallest absolute Gasteiger partial charge is 0.222 e. The molecular formula is C14H25N3OS. The average molecular weight is 283 g/mol. The van der Waals surface area contributed by atoms with Crippen molar-refractivity contribution in [3.8, 4) is 0 Å². The molecule has 4 nitrogen and oxygen atoms in total. The Morgan fingerprint density at radius 3 is 3.05 bits per heavy atom. The summed E-state index contributed by atoms with van der Waals surface area (Å²) in [6.07, 6.45) is 5.83. The molecule has 2 aliphatic rings. The number of amides is 1. The van der Waals surface area contributed by atoms with E-state index in [1.807, 2.05) is 25.6 Å². The Hall–Kier alpha value is -0.710. The molecule has 0 aromatic heterocycles. The molecule has 2 N–H and O–H groups in total. The minimum Gasteiger partial charge on any atom is -0.362 e. The van der Waals surface area contributed by atoms with Gasteiger partial charge in [-0.2, -0.15) is 0 Å². The van der Waals surface area contributed by atoms with Crippen LogP contribution in [0.1, 0.15) is 46.0 Å². The zero-order valence-electron chi connectivity index (χ0n) is 11.9. The number of carbonyl (C=O) groups excluding carboxylic acids is 1. The lowest BCUT2D eigenvalue weighted by molar-refractivity contribution is -0.121. The van der Waals surface area contributed by atoms with E-state index in [9.17, 15) is 4.79 Å². The Morgan fingerprint density at radius 2 is 2.26 bits per heavy atom. The highest BCUT2D eigenvalue weighted by molar-refractivity contribution is 8.13. The van der Waals surface area contributed by atoms with Crippen molar-refractivity contribution < 1.29 is 4.79 Å². The fraction of sp³-hybridized carbons (Fsp3) is 0.857. The van der Waals surface area contributed by atoms with Gasteiger partial charge in [0.15, 0.2) is 5.17 Å². The highest BCUT2D eigenvalue weighted by Gasteiger charge is 2.30. The zero-order chi connectivity index (χ0) is 13.7. The van der Waals surface area contributed by atoms with Crippen molar-refractivity contribution in [1.82, 2.24) is 10.6 Å². The molecule has 2 rings (SSSR count). The van der Waals surface area contributed by atoms with Crippen LogP contribution in [0.25, 0.3) is 0 Å². The van der Waals surface area contributed by atoms with Gasteiger partial charge < -0.3 is 10.6 Å². The van der Waals surface area contributed by atoms with Crippen LogP contribution in [0.15, 0.2) is 4.99 Å².